The lowest BCUT2D eigenvalue weighted by atomic mass is 10.1. The van der Waals surface area contributed by atoms with E-state index in [1.807, 2.05) is 0 Å². The number of hydrogen-bond acceptors (Lipinski definition) is 2. The number of ether oxygens (including phenoxy) is 1. The van der Waals surface area contributed by atoms with E-state index in [1.54, 1.807) is 0 Å². The van der Waals surface area contributed by atoms with Gasteiger partial charge in [-0.3, -0.25) is 4.79 Å². The van der Waals surface area contributed by atoms with Crippen LogP contribution in [0.4, 0.5) is 13.2 Å². The van der Waals surface area contributed by atoms with Crippen molar-refractivity contribution in [1.82, 2.24) is 0 Å². The number of alkyl halides is 2. The molecule has 0 bridgehead atoms. The maximum absolute atomic E-state index is 13.3. The summed E-state index contributed by atoms with van der Waals surface area (Å²) in [6.45, 7) is 6.45. The van der Waals surface area contributed by atoms with E-state index in [-0.39, 0.29) is 5.57 Å². The first-order chi connectivity index (χ1) is 6.73. The molecule has 0 fully saturated rings. The number of rotatable bonds is 4. The number of carbonyl (C=O) groups excluding carboxylic acids is 1. The first kappa shape index (κ1) is 13.7. The molecule has 0 saturated carbocycles. The van der Waals surface area contributed by atoms with E-state index in [0.29, 0.717) is 6.08 Å². The second-order valence-corrected chi connectivity index (χ2v) is 3.20. The van der Waals surface area contributed by atoms with Gasteiger partial charge in [0.1, 0.15) is 0 Å². The highest BCUT2D eigenvalue weighted by molar-refractivity contribution is 5.66. The molecule has 15 heavy (non-hydrogen) atoms. The van der Waals surface area contributed by atoms with Crippen molar-refractivity contribution in [2.75, 3.05) is 0 Å². The first-order valence-electron chi connectivity index (χ1n) is 4.24. The molecule has 0 aliphatic rings. The van der Waals surface area contributed by atoms with Gasteiger partial charge in [0.15, 0.2) is 11.9 Å². The van der Waals surface area contributed by atoms with Crippen LogP contribution < -0.4 is 0 Å². The molecule has 0 saturated heterocycles. The van der Waals surface area contributed by atoms with E-state index < -0.39 is 23.8 Å². The summed E-state index contributed by atoms with van der Waals surface area (Å²) in [4.78, 5) is 10.5. The molecule has 2 nitrogen and oxygen atoms in total. The molecule has 0 aromatic rings. The Morgan fingerprint density at radius 2 is 1.87 bits per heavy atom. The van der Waals surface area contributed by atoms with Gasteiger partial charge in [-0.1, -0.05) is 6.58 Å². The molecule has 0 rings (SSSR count). The topological polar surface area (TPSA) is 26.3 Å². The quantitative estimate of drug-likeness (QED) is 0.540. The Labute approximate surface area is 86.4 Å². The van der Waals surface area contributed by atoms with Gasteiger partial charge >= 0.3 is 11.9 Å². The lowest BCUT2D eigenvalue weighted by molar-refractivity contribution is -0.160. The van der Waals surface area contributed by atoms with Gasteiger partial charge in [0.05, 0.1) is 0 Å². The van der Waals surface area contributed by atoms with Crippen LogP contribution in [-0.4, -0.2) is 18.0 Å². The van der Waals surface area contributed by atoms with Gasteiger partial charge in [-0.15, -0.1) is 0 Å². The molecule has 0 radical (unpaired) electrons. The first-order valence-corrected chi connectivity index (χ1v) is 4.24. The van der Waals surface area contributed by atoms with E-state index >= 15 is 0 Å². The van der Waals surface area contributed by atoms with E-state index in [9.17, 15) is 18.0 Å². The van der Waals surface area contributed by atoms with Gasteiger partial charge in [-0.2, -0.15) is 8.78 Å². The van der Waals surface area contributed by atoms with Crippen molar-refractivity contribution in [3.63, 3.8) is 0 Å². The Bertz CT molecular complexity index is 291. The molecule has 0 aromatic heterocycles. The minimum Gasteiger partial charge on any atom is -0.451 e. The molecular weight excluding hydrogens is 209 g/mol. The number of hydrogen-bond donors (Lipinski definition) is 0. The Morgan fingerprint density at radius 1 is 1.40 bits per heavy atom. The van der Waals surface area contributed by atoms with Crippen molar-refractivity contribution >= 4 is 5.97 Å². The minimum atomic E-state index is -3.87. The van der Waals surface area contributed by atoms with E-state index in [1.165, 1.54) is 13.8 Å². The van der Waals surface area contributed by atoms with Crippen molar-refractivity contribution in [2.45, 2.75) is 32.8 Å². The Morgan fingerprint density at radius 3 is 2.13 bits per heavy atom. The van der Waals surface area contributed by atoms with Crippen molar-refractivity contribution in [3.05, 3.63) is 24.1 Å². The third-order valence-corrected chi connectivity index (χ3v) is 1.60. The lowest BCUT2D eigenvalue weighted by Crippen LogP contribution is -2.36. The van der Waals surface area contributed by atoms with E-state index in [0.717, 1.165) is 6.92 Å². The second kappa shape index (κ2) is 5.00. The predicted octanol–water partition coefficient (Wildman–Crippen LogP) is 3.00. The zero-order chi connectivity index (χ0) is 12.2. The third kappa shape index (κ3) is 3.42. The van der Waals surface area contributed by atoms with Gasteiger partial charge in [0, 0.05) is 6.92 Å². The van der Waals surface area contributed by atoms with Crippen LogP contribution in [0.1, 0.15) is 20.8 Å². The highest BCUT2D eigenvalue weighted by Crippen LogP contribution is 2.33. The van der Waals surface area contributed by atoms with Gasteiger partial charge in [-0.05, 0) is 25.5 Å². The van der Waals surface area contributed by atoms with E-state index in [4.69, 9.17) is 0 Å². The monoisotopic (exact) mass is 222 g/mol. The minimum absolute atomic E-state index is 0.168. The molecule has 0 heterocycles. The highest BCUT2D eigenvalue weighted by atomic mass is 19.3. The molecule has 0 spiro atoms. The van der Waals surface area contributed by atoms with Crippen LogP contribution in [-0.2, 0) is 9.53 Å². The number of carbonyl (C=O) groups is 1. The van der Waals surface area contributed by atoms with Gasteiger partial charge in [0.2, 0.25) is 0 Å². The van der Waals surface area contributed by atoms with Crippen LogP contribution in [0.15, 0.2) is 24.1 Å². The summed E-state index contributed by atoms with van der Waals surface area (Å²) in [5, 5.41) is 0. The fourth-order valence-corrected chi connectivity index (χ4v) is 0.907. The molecule has 0 N–H and O–H groups in total. The summed E-state index contributed by atoms with van der Waals surface area (Å²) >= 11 is 0. The molecule has 1 atom stereocenters. The van der Waals surface area contributed by atoms with E-state index in [2.05, 4.69) is 11.3 Å². The number of esters is 1. The molecule has 0 unspecified atom stereocenters. The summed E-state index contributed by atoms with van der Waals surface area (Å²) in [5.41, 5.74) is -0.168. The summed E-state index contributed by atoms with van der Waals surface area (Å²) in [6.07, 6.45) is -1.28. The highest BCUT2D eigenvalue weighted by Gasteiger charge is 2.45. The molecule has 0 amide bonds. The van der Waals surface area contributed by atoms with Crippen LogP contribution >= 0.6 is 0 Å². The maximum Gasteiger partial charge on any atom is 0.338 e. The Hall–Kier alpha value is -1.26. The fraction of sp³-hybridized carbons (Fsp3) is 0.500. The number of allylic oxidation sites excluding steroid dienone is 1. The smallest absolute Gasteiger partial charge is 0.338 e. The van der Waals surface area contributed by atoms with Crippen LogP contribution in [0.3, 0.4) is 0 Å². The van der Waals surface area contributed by atoms with Crippen molar-refractivity contribution in [3.8, 4) is 0 Å². The Balaban J connectivity index is 5.05. The summed E-state index contributed by atoms with van der Waals surface area (Å²) in [7, 11) is 0. The van der Waals surface area contributed by atoms with Crippen molar-refractivity contribution < 1.29 is 22.7 Å². The fourth-order valence-electron chi connectivity index (χ4n) is 0.907. The zero-order valence-corrected chi connectivity index (χ0v) is 8.81. The van der Waals surface area contributed by atoms with Gasteiger partial charge in [-0.25, -0.2) is 4.39 Å². The molecular formula is C10H13F3O2. The summed E-state index contributed by atoms with van der Waals surface area (Å²) < 4.78 is 44.0. The normalized spacial score (nSPS) is 12.9. The Kier molecular flexibility index (Phi) is 4.58. The van der Waals surface area contributed by atoms with Crippen molar-refractivity contribution in [1.29, 1.82) is 0 Å². The number of halogens is 3. The van der Waals surface area contributed by atoms with Crippen LogP contribution in [0.25, 0.3) is 0 Å². The largest absolute Gasteiger partial charge is 0.451 e. The molecule has 86 valence electrons. The van der Waals surface area contributed by atoms with Crippen molar-refractivity contribution in [2.24, 2.45) is 0 Å². The molecule has 0 aliphatic carbocycles. The van der Waals surface area contributed by atoms with Crippen LogP contribution in [0.5, 0.6) is 0 Å². The average molecular weight is 222 g/mol. The SMILES string of the molecule is C=C[C@H](OC(C)=O)C(F)(F)C(F)=C(C)C. The second-order valence-electron chi connectivity index (χ2n) is 3.20. The predicted molar refractivity (Wildman–Crippen MR) is 50.2 cm³/mol. The third-order valence-electron chi connectivity index (χ3n) is 1.60. The van der Waals surface area contributed by atoms with Crippen LogP contribution in [0.2, 0.25) is 0 Å². The molecule has 0 aromatic carbocycles. The van der Waals surface area contributed by atoms with Gasteiger partial charge in [0.25, 0.3) is 0 Å². The lowest BCUT2D eigenvalue weighted by Gasteiger charge is -2.23. The summed E-state index contributed by atoms with van der Waals surface area (Å²) in [5.74, 6) is -6.39. The standard InChI is InChI=1S/C10H13F3O2/c1-5-8(15-7(4)14)10(12,13)9(11)6(2)3/h5,8H,1H2,2-4H3/t8-/m0/s1. The maximum atomic E-state index is 13.3. The summed E-state index contributed by atoms with van der Waals surface area (Å²) in [6, 6.07) is 0. The van der Waals surface area contributed by atoms with Crippen LogP contribution in [0, 0.1) is 0 Å². The molecule has 5 heteroatoms. The average Bonchev–Trinajstić information content (AvgIpc) is 2.11. The zero-order valence-electron chi connectivity index (χ0n) is 8.81. The van der Waals surface area contributed by atoms with Gasteiger partial charge < -0.3 is 4.74 Å². The molecule has 0 aliphatic heterocycles.